The third-order valence-electron chi connectivity index (χ3n) is 1.18. The zero-order chi connectivity index (χ0) is 8.97. The van der Waals surface area contributed by atoms with Crippen molar-refractivity contribution < 1.29 is 4.79 Å². The van der Waals surface area contributed by atoms with Gasteiger partial charge in [-0.25, -0.2) is 0 Å². The molecular weight excluding hydrogens is 238 g/mol. The van der Waals surface area contributed by atoms with Crippen molar-refractivity contribution in [3.8, 4) is 0 Å². The zero-order valence-corrected chi connectivity index (χ0v) is 8.61. The first-order valence-corrected chi connectivity index (χ1v) is 5.09. The second kappa shape index (κ2) is 4.52. The molecule has 1 radical (unpaired) electrons. The highest BCUT2D eigenvalue weighted by atomic mass is 79.9. The third-order valence-corrected chi connectivity index (χ3v) is 2.72. The quantitative estimate of drug-likeness (QED) is 0.767. The summed E-state index contributed by atoms with van der Waals surface area (Å²) in [6, 6.07) is 7.66. The predicted molar refractivity (Wildman–Crippen MR) is 53.0 cm³/mol. The molecule has 0 atom stereocenters. The van der Waals surface area contributed by atoms with E-state index in [0.29, 0.717) is 0 Å². The van der Waals surface area contributed by atoms with Crippen LogP contribution in [-0.2, 0) is 4.79 Å². The molecule has 0 unspecified atom stereocenters. The molecule has 1 N–H and O–H groups in total. The number of carbonyl (C=O) groups is 1. The van der Waals surface area contributed by atoms with E-state index in [1.165, 1.54) is 11.8 Å². The van der Waals surface area contributed by atoms with Crippen molar-refractivity contribution in [2.45, 2.75) is 4.90 Å². The van der Waals surface area contributed by atoms with Crippen LogP contribution in [0.5, 0.6) is 0 Å². The second-order valence-electron chi connectivity index (χ2n) is 2.17. The lowest BCUT2D eigenvalue weighted by Crippen LogP contribution is -1.99. The summed E-state index contributed by atoms with van der Waals surface area (Å²) in [6.07, 6.45) is 0. The fraction of sp³-hybridized carbons (Fsp3) is 0.125. The summed E-state index contributed by atoms with van der Waals surface area (Å²) in [5.74, 6) is -0.315. The van der Waals surface area contributed by atoms with E-state index in [4.69, 9.17) is 5.73 Å². The van der Waals surface area contributed by atoms with E-state index < -0.39 is 5.91 Å². The Labute approximate surface area is 83.7 Å². The van der Waals surface area contributed by atoms with Crippen LogP contribution in [0.15, 0.2) is 33.6 Å². The number of carbonyl (C=O) groups excluding carboxylic acids is 1. The van der Waals surface area contributed by atoms with Crippen molar-refractivity contribution >= 4 is 33.6 Å². The summed E-state index contributed by atoms with van der Waals surface area (Å²) < 4.78 is 1.02. The van der Waals surface area contributed by atoms with Crippen LogP contribution in [0, 0.1) is 0 Å². The van der Waals surface area contributed by atoms with Crippen LogP contribution in [0.25, 0.3) is 0 Å². The van der Waals surface area contributed by atoms with Gasteiger partial charge in [-0.05, 0) is 24.3 Å². The Balaban J connectivity index is 2.53. The molecule has 0 aliphatic heterocycles. The number of hydrogen-bond acceptors (Lipinski definition) is 2. The Morgan fingerprint density at radius 1 is 1.42 bits per heavy atom. The Hall–Kier alpha value is -0.480. The number of rotatable bonds is 3. The highest BCUT2D eigenvalue weighted by Crippen LogP contribution is 2.19. The molecule has 0 aliphatic carbocycles. The number of thioether (sulfide) groups is 1. The van der Waals surface area contributed by atoms with E-state index in [9.17, 15) is 4.79 Å². The molecule has 0 aromatic heterocycles. The molecule has 0 aliphatic rings. The van der Waals surface area contributed by atoms with Gasteiger partial charge in [-0.1, -0.05) is 15.9 Å². The first kappa shape index (κ1) is 9.61. The molecule has 4 heteroatoms. The van der Waals surface area contributed by atoms with E-state index in [1.807, 2.05) is 24.3 Å². The van der Waals surface area contributed by atoms with Gasteiger partial charge in [0.05, 0.1) is 5.75 Å². The third kappa shape index (κ3) is 3.28. The first-order chi connectivity index (χ1) is 5.68. The monoisotopic (exact) mass is 244 g/mol. The van der Waals surface area contributed by atoms with Crippen LogP contribution >= 0.6 is 27.7 Å². The number of amides is 1. The largest absolute Gasteiger partial charge is 0.272 e. The number of hydrogen-bond donors (Lipinski definition) is 0. The molecule has 1 aromatic rings. The highest BCUT2D eigenvalue weighted by Gasteiger charge is 1.97. The molecule has 0 saturated heterocycles. The minimum absolute atomic E-state index is 0.224. The van der Waals surface area contributed by atoms with Gasteiger partial charge >= 0.3 is 0 Å². The topological polar surface area (TPSA) is 40.9 Å². The summed E-state index contributed by atoms with van der Waals surface area (Å²) in [5.41, 5.74) is 6.70. The lowest BCUT2D eigenvalue weighted by Gasteiger charge is -1.97. The van der Waals surface area contributed by atoms with Gasteiger partial charge in [-0.2, -0.15) is 0 Å². The molecule has 63 valence electrons. The fourth-order valence-corrected chi connectivity index (χ4v) is 1.57. The minimum atomic E-state index is -0.539. The molecule has 12 heavy (non-hydrogen) atoms. The molecule has 1 rings (SSSR count). The molecule has 1 aromatic carbocycles. The maximum atomic E-state index is 10.3. The Morgan fingerprint density at radius 2 is 2.00 bits per heavy atom. The zero-order valence-electron chi connectivity index (χ0n) is 6.21. The second-order valence-corrected chi connectivity index (χ2v) is 4.13. The number of benzene rings is 1. The van der Waals surface area contributed by atoms with Crippen LogP contribution in [-0.4, -0.2) is 11.7 Å². The molecule has 0 spiro atoms. The van der Waals surface area contributed by atoms with Crippen LogP contribution in [0.2, 0.25) is 0 Å². The van der Waals surface area contributed by atoms with Gasteiger partial charge in [0, 0.05) is 9.37 Å². The van der Waals surface area contributed by atoms with Crippen LogP contribution in [0.3, 0.4) is 0 Å². The van der Waals surface area contributed by atoms with Crippen LogP contribution in [0.1, 0.15) is 0 Å². The first-order valence-electron chi connectivity index (χ1n) is 3.31. The molecule has 0 fully saturated rings. The molecule has 2 nitrogen and oxygen atoms in total. The maximum absolute atomic E-state index is 10.3. The fourth-order valence-electron chi connectivity index (χ4n) is 0.680. The molecule has 0 heterocycles. The van der Waals surface area contributed by atoms with Crippen LogP contribution < -0.4 is 5.73 Å². The summed E-state index contributed by atoms with van der Waals surface area (Å²) in [5, 5.41) is 0. The summed E-state index contributed by atoms with van der Waals surface area (Å²) in [4.78, 5) is 11.3. The van der Waals surface area contributed by atoms with Gasteiger partial charge in [0.25, 0.3) is 0 Å². The van der Waals surface area contributed by atoms with Gasteiger partial charge in [0.1, 0.15) is 0 Å². The molecule has 0 bridgehead atoms. The van der Waals surface area contributed by atoms with Crippen molar-refractivity contribution in [2.24, 2.45) is 0 Å². The lowest BCUT2D eigenvalue weighted by molar-refractivity contribution is -0.116. The number of halogens is 1. The Kier molecular flexibility index (Phi) is 3.62. The van der Waals surface area contributed by atoms with Crippen molar-refractivity contribution in [2.75, 3.05) is 5.75 Å². The van der Waals surface area contributed by atoms with E-state index in [1.54, 1.807) is 0 Å². The average molecular weight is 245 g/mol. The van der Waals surface area contributed by atoms with E-state index in [0.717, 1.165) is 9.37 Å². The van der Waals surface area contributed by atoms with Crippen molar-refractivity contribution in [3.05, 3.63) is 28.7 Å². The van der Waals surface area contributed by atoms with Gasteiger partial charge < -0.3 is 0 Å². The molecular formula is C8H7BrNOS. The van der Waals surface area contributed by atoms with E-state index >= 15 is 0 Å². The van der Waals surface area contributed by atoms with Crippen molar-refractivity contribution in [1.82, 2.24) is 5.73 Å². The van der Waals surface area contributed by atoms with Gasteiger partial charge in [0.15, 0.2) is 0 Å². The highest BCUT2D eigenvalue weighted by molar-refractivity contribution is 9.10. The van der Waals surface area contributed by atoms with Crippen molar-refractivity contribution in [1.29, 1.82) is 0 Å². The Morgan fingerprint density at radius 3 is 2.50 bits per heavy atom. The van der Waals surface area contributed by atoms with E-state index in [2.05, 4.69) is 15.9 Å². The standard InChI is InChI=1S/C8H7BrNOS/c9-6-1-3-7(4-2-6)12-5-8(10)11/h1-4,10H,5H2. The smallest absolute Gasteiger partial charge is 0.248 e. The number of nitrogens with one attached hydrogen (secondary N) is 1. The van der Waals surface area contributed by atoms with Gasteiger partial charge in [-0.3, -0.25) is 10.5 Å². The summed E-state index contributed by atoms with van der Waals surface area (Å²) in [6.45, 7) is 0. The molecule has 0 saturated carbocycles. The summed E-state index contributed by atoms with van der Waals surface area (Å²) >= 11 is 4.69. The molecule has 1 amide bonds. The van der Waals surface area contributed by atoms with Gasteiger partial charge in [0.2, 0.25) is 5.91 Å². The average Bonchev–Trinajstić information content (AvgIpc) is 2.03. The minimum Gasteiger partial charge on any atom is -0.272 e. The van der Waals surface area contributed by atoms with Crippen molar-refractivity contribution in [3.63, 3.8) is 0 Å². The lowest BCUT2D eigenvalue weighted by atomic mass is 10.4. The van der Waals surface area contributed by atoms with E-state index in [-0.39, 0.29) is 5.75 Å². The summed E-state index contributed by atoms with van der Waals surface area (Å²) in [7, 11) is 0. The SMILES string of the molecule is [NH]C(=O)CSc1ccc(Br)cc1. The predicted octanol–water partition coefficient (Wildman–Crippen LogP) is 2.35. The Bertz CT molecular complexity index is 273. The van der Waals surface area contributed by atoms with Gasteiger partial charge in [-0.15, -0.1) is 11.8 Å². The van der Waals surface area contributed by atoms with Crippen LogP contribution in [0.4, 0.5) is 0 Å². The normalized spacial score (nSPS) is 9.75. The maximum Gasteiger partial charge on any atom is 0.248 e.